The largest absolute Gasteiger partial charge is 0.465 e. The number of fused-ring (bicyclic) bond motifs is 1. The zero-order chi connectivity index (χ0) is 13.7. The third-order valence-electron chi connectivity index (χ3n) is 3.66. The van der Waals surface area contributed by atoms with E-state index in [1.165, 1.54) is 5.56 Å². The highest BCUT2D eigenvalue weighted by molar-refractivity contribution is 5.72. The van der Waals surface area contributed by atoms with Crippen molar-refractivity contribution in [2.45, 2.75) is 39.0 Å². The maximum Gasteiger partial charge on any atom is 0.306 e. The molecule has 1 N–H and O–H groups in total. The summed E-state index contributed by atoms with van der Waals surface area (Å²) in [6.45, 7) is 5.66. The molecule has 19 heavy (non-hydrogen) atoms. The third-order valence-corrected chi connectivity index (χ3v) is 3.66. The smallest absolute Gasteiger partial charge is 0.306 e. The second kappa shape index (κ2) is 6.60. The van der Waals surface area contributed by atoms with Gasteiger partial charge >= 0.3 is 5.97 Å². The maximum atomic E-state index is 11.9. The van der Waals surface area contributed by atoms with Crippen LogP contribution in [0.5, 0.6) is 0 Å². The van der Waals surface area contributed by atoms with Crippen LogP contribution in [0.2, 0.25) is 0 Å². The first kappa shape index (κ1) is 13.9. The van der Waals surface area contributed by atoms with Gasteiger partial charge in [0.1, 0.15) is 0 Å². The Hall–Kier alpha value is -1.51. The number of anilines is 1. The first-order valence-corrected chi connectivity index (χ1v) is 7.19. The van der Waals surface area contributed by atoms with Crippen molar-refractivity contribution in [3.8, 4) is 0 Å². The molecule has 1 aliphatic rings. The van der Waals surface area contributed by atoms with E-state index in [2.05, 4.69) is 31.3 Å². The zero-order valence-electron chi connectivity index (χ0n) is 11.8. The number of rotatable bonds is 6. The summed E-state index contributed by atoms with van der Waals surface area (Å²) in [5.74, 6) is 0.638. The topological polar surface area (TPSA) is 38.3 Å². The first-order chi connectivity index (χ1) is 9.20. The summed E-state index contributed by atoms with van der Waals surface area (Å²) in [5, 5.41) is 3.33. The minimum Gasteiger partial charge on any atom is -0.465 e. The fourth-order valence-electron chi connectivity index (χ4n) is 2.61. The van der Waals surface area contributed by atoms with Crippen LogP contribution >= 0.6 is 0 Å². The molecule has 0 fully saturated rings. The molecule has 0 saturated carbocycles. The molecule has 0 spiro atoms. The van der Waals surface area contributed by atoms with E-state index in [0.29, 0.717) is 18.9 Å². The second-order valence-corrected chi connectivity index (χ2v) is 5.45. The Labute approximate surface area is 115 Å². The number of esters is 1. The van der Waals surface area contributed by atoms with E-state index in [0.717, 1.165) is 25.1 Å². The van der Waals surface area contributed by atoms with Gasteiger partial charge in [0.15, 0.2) is 0 Å². The molecule has 0 aromatic heterocycles. The number of carbonyl (C=O) groups excluding carboxylic acids is 1. The minimum absolute atomic E-state index is 0.0774. The average Bonchev–Trinajstić information content (AvgIpc) is 2.80. The summed E-state index contributed by atoms with van der Waals surface area (Å²) in [4.78, 5) is 11.9. The van der Waals surface area contributed by atoms with Gasteiger partial charge in [0, 0.05) is 18.2 Å². The predicted molar refractivity (Wildman–Crippen MR) is 77.3 cm³/mol. The first-order valence-electron chi connectivity index (χ1n) is 7.19. The Kier molecular flexibility index (Phi) is 4.83. The number of ether oxygens (including phenoxy) is 1. The van der Waals surface area contributed by atoms with Crippen LogP contribution in [-0.4, -0.2) is 19.1 Å². The molecule has 2 unspecified atom stereocenters. The standard InChI is InChI=1S/C16H23NO2/c1-3-6-12(2)11-19-16(18)9-13-10-17-15-8-5-4-7-14(13)15/h4-5,7-8,12-13,17H,3,6,9-11H2,1-2H3. The minimum atomic E-state index is -0.0774. The van der Waals surface area contributed by atoms with E-state index in [9.17, 15) is 4.79 Å². The van der Waals surface area contributed by atoms with Crippen molar-refractivity contribution >= 4 is 11.7 Å². The van der Waals surface area contributed by atoms with E-state index in [-0.39, 0.29) is 11.9 Å². The Balaban J connectivity index is 1.81. The predicted octanol–water partition coefficient (Wildman–Crippen LogP) is 3.57. The Morgan fingerprint density at radius 2 is 2.26 bits per heavy atom. The van der Waals surface area contributed by atoms with Gasteiger partial charge in [-0.2, -0.15) is 0 Å². The van der Waals surface area contributed by atoms with E-state index in [4.69, 9.17) is 4.74 Å². The lowest BCUT2D eigenvalue weighted by atomic mass is 9.98. The van der Waals surface area contributed by atoms with Crippen LogP contribution < -0.4 is 5.32 Å². The molecule has 104 valence electrons. The van der Waals surface area contributed by atoms with Crippen molar-refractivity contribution in [1.29, 1.82) is 0 Å². The van der Waals surface area contributed by atoms with Gasteiger partial charge in [-0.05, 0) is 24.0 Å². The van der Waals surface area contributed by atoms with Crippen LogP contribution in [0.25, 0.3) is 0 Å². The van der Waals surface area contributed by atoms with Crippen LogP contribution in [0.4, 0.5) is 5.69 Å². The molecular formula is C16H23NO2. The molecule has 1 aromatic carbocycles. The highest BCUT2D eigenvalue weighted by Gasteiger charge is 2.24. The van der Waals surface area contributed by atoms with Crippen LogP contribution in [0.3, 0.4) is 0 Å². The fraction of sp³-hybridized carbons (Fsp3) is 0.562. The van der Waals surface area contributed by atoms with Crippen LogP contribution in [0.15, 0.2) is 24.3 Å². The summed E-state index contributed by atoms with van der Waals surface area (Å²) < 4.78 is 5.37. The van der Waals surface area contributed by atoms with Crippen LogP contribution in [-0.2, 0) is 9.53 Å². The second-order valence-electron chi connectivity index (χ2n) is 5.45. The lowest BCUT2D eigenvalue weighted by Gasteiger charge is -2.13. The van der Waals surface area contributed by atoms with Crippen LogP contribution in [0.1, 0.15) is 44.6 Å². The lowest BCUT2D eigenvalue weighted by Crippen LogP contribution is -2.15. The van der Waals surface area contributed by atoms with Gasteiger partial charge in [0.2, 0.25) is 0 Å². The van der Waals surface area contributed by atoms with Gasteiger partial charge in [-0.15, -0.1) is 0 Å². The molecule has 0 bridgehead atoms. The summed E-state index contributed by atoms with van der Waals surface area (Å²) in [6.07, 6.45) is 2.72. The van der Waals surface area contributed by atoms with Gasteiger partial charge in [-0.25, -0.2) is 0 Å². The molecule has 0 saturated heterocycles. The molecule has 1 aromatic rings. The molecule has 1 aliphatic heterocycles. The normalized spacial score (nSPS) is 18.5. The van der Waals surface area contributed by atoms with Crippen molar-refractivity contribution in [3.05, 3.63) is 29.8 Å². The van der Waals surface area contributed by atoms with E-state index < -0.39 is 0 Å². The Morgan fingerprint density at radius 1 is 1.47 bits per heavy atom. The Morgan fingerprint density at radius 3 is 3.05 bits per heavy atom. The monoisotopic (exact) mass is 261 g/mol. The lowest BCUT2D eigenvalue weighted by molar-refractivity contribution is -0.145. The quantitative estimate of drug-likeness (QED) is 0.796. The van der Waals surface area contributed by atoms with Crippen molar-refractivity contribution < 1.29 is 9.53 Å². The summed E-state index contributed by atoms with van der Waals surface area (Å²) in [7, 11) is 0. The molecule has 2 atom stereocenters. The number of hydrogen-bond acceptors (Lipinski definition) is 3. The van der Waals surface area contributed by atoms with E-state index in [1.807, 2.05) is 12.1 Å². The third kappa shape index (κ3) is 3.72. The molecule has 1 heterocycles. The van der Waals surface area contributed by atoms with Crippen molar-refractivity contribution in [2.75, 3.05) is 18.5 Å². The zero-order valence-corrected chi connectivity index (χ0v) is 11.8. The molecule has 3 heteroatoms. The summed E-state index contributed by atoms with van der Waals surface area (Å²) >= 11 is 0. The summed E-state index contributed by atoms with van der Waals surface area (Å²) in [5.41, 5.74) is 2.39. The SMILES string of the molecule is CCCC(C)COC(=O)CC1CNc2ccccc21. The van der Waals surface area contributed by atoms with Gasteiger partial charge in [-0.3, -0.25) is 4.79 Å². The van der Waals surface area contributed by atoms with Gasteiger partial charge in [-0.1, -0.05) is 38.5 Å². The van der Waals surface area contributed by atoms with Crippen molar-refractivity contribution in [2.24, 2.45) is 5.92 Å². The Bertz CT molecular complexity index is 431. The van der Waals surface area contributed by atoms with Gasteiger partial charge in [0.25, 0.3) is 0 Å². The van der Waals surface area contributed by atoms with Gasteiger partial charge in [0.05, 0.1) is 13.0 Å². The fourth-order valence-corrected chi connectivity index (χ4v) is 2.61. The number of carbonyl (C=O) groups is 1. The van der Waals surface area contributed by atoms with Crippen LogP contribution in [0, 0.1) is 5.92 Å². The molecule has 2 rings (SSSR count). The summed E-state index contributed by atoms with van der Waals surface area (Å²) in [6, 6.07) is 8.18. The van der Waals surface area contributed by atoms with E-state index in [1.54, 1.807) is 0 Å². The number of para-hydroxylation sites is 1. The highest BCUT2D eigenvalue weighted by Crippen LogP contribution is 2.33. The molecule has 0 amide bonds. The molecular weight excluding hydrogens is 238 g/mol. The molecule has 3 nitrogen and oxygen atoms in total. The maximum absolute atomic E-state index is 11.9. The van der Waals surface area contributed by atoms with Crippen molar-refractivity contribution in [3.63, 3.8) is 0 Å². The van der Waals surface area contributed by atoms with Gasteiger partial charge < -0.3 is 10.1 Å². The van der Waals surface area contributed by atoms with E-state index >= 15 is 0 Å². The molecule has 0 aliphatic carbocycles. The van der Waals surface area contributed by atoms with Crippen molar-refractivity contribution in [1.82, 2.24) is 0 Å². The molecule has 0 radical (unpaired) electrons. The number of benzene rings is 1. The number of hydrogen-bond donors (Lipinski definition) is 1. The number of nitrogens with one attached hydrogen (secondary N) is 1. The average molecular weight is 261 g/mol. The highest BCUT2D eigenvalue weighted by atomic mass is 16.5.